The van der Waals surface area contributed by atoms with E-state index in [9.17, 15) is 5.11 Å². The van der Waals surface area contributed by atoms with E-state index >= 15 is 0 Å². The third-order valence-corrected chi connectivity index (χ3v) is 3.21. The SMILES string of the molecule is CC(C)CN(CCC#N)c1ccc(C(C)O)c(Cl)c1. The Kier molecular flexibility index (Phi) is 6.14. The van der Waals surface area contributed by atoms with Crippen LogP contribution in [0.3, 0.4) is 0 Å². The van der Waals surface area contributed by atoms with Gasteiger partial charge in [-0.3, -0.25) is 0 Å². The van der Waals surface area contributed by atoms with Gasteiger partial charge in [0, 0.05) is 23.8 Å². The number of aliphatic hydroxyl groups is 1. The first-order valence-corrected chi connectivity index (χ1v) is 6.93. The van der Waals surface area contributed by atoms with Crippen LogP contribution in [0.25, 0.3) is 0 Å². The summed E-state index contributed by atoms with van der Waals surface area (Å²) in [6, 6.07) is 7.84. The Labute approximate surface area is 120 Å². The maximum Gasteiger partial charge on any atom is 0.0776 e. The molecule has 0 spiro atoms. The van der Waals surface area contributed by atoms with Crippen molar-refractivity contribution in [3.05, 3.63) is 28.8 Å². The monoisotopic (exact) mass is 280 g/mol. The summed E-state index contributed by atoms with van der Waals surface area (Å²) in [5.41, 5.74) is 1.73. The van der Waals surface area contributed by atoms with Crippen LogP contribution in [0.5, 0.6) is 0 Å². The van der Waals surface area contributed by atoms with Gasteiger partial charge in [0.25, 0.3) is 0 Å². The first kappa shape index (κ1) is 15.8. The molecule has 0 aromatic heterocycles. The molecule has 0 saturated carbocycles. The zero-order chi connectivity index (χ0) is 14.4. The topological polar surface area (TPSA) is 47.3 Å². The number of anilines is 1. The van der Waals surface area contributed by atoms with Crippen LogP contribution >= 0.6 is 11.6 Å². The molecule has 3 nitrogen and oxygen atoms in total. The van der Waals surface area contributed by atoms with E-state index in [0.29, 0.717) is 23.9 Å². The molecule has 0 aliphatic rings. The Morgan fingerprint density at radius 1 is 1.37 bits per heavy atom. The van der Waals surface area contributed by atoms with Gasteiger partial charge in [0.05, 0.1) is 18.6 Å². The van der Waals surface area contributed by atoms with E-state index in [1.807, 2.05) is 18.2 Å². The minimum absolute atomic E-state index is 0.489. The highest BCUT2D eigenvalue weighted by molar-refractivity contribution is 6.31. The van der Waals surface area contributed by atoms with Gasteiger partial charge in [-0.15, -0.1) is 0 Å². The smallest absolute Gasteiger partial charge is 0.0776 e. The zero-order valence-electron chi connectivity index (χ0n) is 11.7. The fourth-order valence-electron chi connectivity index (χ4n) is 2.00. The van der Waals surface area contributed by atoms with Crippen molar-refractivity contribution in [2.45, 2.75) is 33.3 Å². The van der Waals surface area contributed by atoms with Crippen molar-refractivity contribution in [3.63, 3.8) is 0 Å². The molecule has 1 aromatic carbocycles. The van der Waals surface area contributed by atoms with Crippen LogP contribution in [0.1, 0.15) is 38.9 Å². The maximum absolute atomic E-state index is 9.58. The molecule has 1 rings (SSSR count). The summed E-state index contributed by atoms with van der Waals surface area (Å²) in [5.74, 6) is 0.508. The predicted octanol–water partition coefficient (Wildman–Crippen LogP) is 3.77. The number of halogens is 1. The first-order chi connectivity index (χ1) is 8.95. The van der Waals surface area contributed by atoms with E-state index < -0.39 is 6.10 Å². The maximum atomic E-state index is 9.58. The van der Waals surface area contributed by atoms with Crippen LogP contribution in [-0.4, -0.2) is 18.2 Å². The lowest BCUT2D eigenvalue weighted by atomic mass is 10.1. The van der Waals surface area contributed by atoms with Crippen molar-refractivity contribution in [1.82, 2.24) is 0 Å². The average Bonchev–Trinajstić information content (AvgIpc) is 2.33. The lowest BCUT2D eigenvalue weighted by Crippen LogP contribution is -2.28. The van der Waals surface area contributed by atoms with Crippen molar-refractivity contribution in [1.29, 1.82) is 5.26 Å². The second kappa shape index (κ2) is 7.37. The Bertz CT molecular complexity index is 452. The summed E-state index contributed by atoms with van der Waals surface area (Å²) in [5, 5.41) is 18.9. The highest BCUT2D eigenvalue weighted by Gasteiger charge is 2.12. The predicted molar refractivity (Wildman–Crippen MR) is 79.4 cm³/mol. The Balaban J connectivity index is 2.96. The molecule has 0 aliphatic carbocycles. The lowest BCUT2D eigenvalue weighted by molar-refractivity contribution is 0.199. The van der Waals surface area contributed by atoms with E-state index in [4.69, 9.17) is 16.9 Å². The molecule has 0 aliphatic heterocycles. The van der Waals surface area contributed by atoms with E-state index in [0.717, 1.165) is 17.8 Å². The molecule has 0 bridgehead atoms. The van der Waals surface area contributed by atoms with Crippen LogP contribution in [0.2, 0.25) is 5.02 Å². The minimum atomic E-state index is -0.570. The van der Waals surface area contributed by atoms with Gasteiger partial charge in [0.15, 0.2) is 0 Å². The van der Waals surface area contributed by atoms with Crippen LogP contribution in [0.15, 0.2) is 18.2 Å². The molecule has 0 heterocycles. The second-order valence-corrected chi connectivity index (χ2v) is 5.54. The summed E-state index contributed by atoms with van der Waals surface area (Å²) in [6.07, 6.45) is -0.0816. The van der Waals surface area contributed by atoms with Gasteiger partial charge < -0.3 is 10.0 Å². The number of aliphatic hydroxyl groups excluding tert-OH is 1. The van der Waals surface area contributed by atoms with Crippen molar-refractivity contribution >= 4 is 17.3 Å². The number of hydrogen-bond acceptors (Lipinski definition) is 3. The molecule has 0 amide bonds. The van der Waals surface area contributed by atoms with Gasteiger partial charge >= 0.3 is 0 Å². The van der Waals surface area contributed by atoms with E-state index in [1.54, 1.807) is 6.92 Å². The standard InChI is InChI=1S/C15H21ClN2O/c1-11(2)10-18(8-4-7-17)13-5-6-14(12(3)19)15(16)9-13/h5-6,9,11-12,19H,4,8,10H2,1-3H3. The first-order valence-electron chi connectivity index (χ1n) is 6.55. The van der Waals surface area contributed by atoms with Crippen LogP contribution < -0.4 is 4.90 Å². The van der Waals surface area contributed by atoms with Crippen molar-refractivity contribution < 1.29 is 5.11 Å². The Morgan fingerprint density at radius 3 is 2.53 bits per heavy atom. The molecular weight excluding hydrogens is 260 g/mol. The lowest BCUT2D eigenvalue weighted by Gasteiger charge is -2.26. The summed E-state index contributed by atoms with van der Waals surface area (Å²) in [7, 11) is 0. The van der Waals surface area contributed by atoms with Gasteiger partial charge in [-0.25, -0.2) is 0 Å². The molecule has 104 valence electrons. The van der Waals surface area contributed by atoms with Gasteiger partial charge in [-0.1, -0.05) is 31.5 Å². The van der Waals surface area contributed by atoms with Gasteiger partial charge in [-0.05, 0) is 30.5 Å². The number of nitriles is 1. The number of hydrogen-bond donors (Lipinski definition) is 1. The zero-order valence-corrected chi connectivity index (χ0v) is 12.5. The van der Waals surface area contributed by atoms with Crippen LogP contribution in [-0.2, 0) is 0 Å². The molecule has 1 atom stereocenters. The fourth-order valence-corrected chi connectivity index (χ4v) is 2.34. The molecule has 19 heavy (non-hydrogen) atoms. The summed E-state index contributed by atoms with van der Waals surface area (Å²) in [4.78, 5) is 2.16. The average molecular weight is 281 g/mol. The van der Waals surface area contributed by atoms with Crippen molar-refractivity contribution in [3.8, 4) is 6.07 Å². The van der Waals surface area contributed by atoms with Gasteiger partial charge in [0.1, 0.15) is 0 Å². The van der Waals surface area contributed by atoms with Crippen LogP contribution in [0, 0.1) is 17.2 Å². The third-order valence-electron chi connectivity index (χ3n) is 2.88. The summed E-state index contributed by atoms with van der Waals surface area (Å²) >= 11 is 6.19. The molecule has 0 fully saturated rings. The normalized spacial score (nSPS) is 12.3. The molecule has 0 radical (unpaired) electrons. The van der Waals surface area contributed by atoms with Gasteiger partial charge in [-0.2, -0.15) is 5.26 Å². The van der Waals surface area contributed by atoms with Crippen molar-refractivity contribution in [2.75, 3.05) is 18.0 Å². The Morgan fingerprint density at radius 2 is 2.05 bits per heavy atom. The van der Waals surface area contributed by atoms with E-state index in [1.165, 1.54) is 0 Å². The largest absolute Gasteiger partial charge is 0.389 e. The number of benzene rings is 1. The van der Waals surface area contributed by atoms with E-state index in [-0.39, 0.29) is 0 Å². The fraction of sp³-hybridized carbons (Fsp3) is 0.533. The molecule has 1 unspecified atom stereocenters. The summed E-state index contributed by atoms with van der Waals surface area (Å²) in [6.45, 7) is 7.56. The molecular formula is C15H21ClN2O. The number of rotatable bonds is 6. The summed E-state index contributed by atoms with van der Waals surface area (Å²) < 4.78 is 0. The number of nitrogens with zero attached hydrogens (tertiary/aromatic N) is 2. The Hall–Kier alpha value is -1.24. The van der Waals surface area contributed by atoms with Crippen molar-refractivity contribution in [2.24, 2.45) is 5.92 Å². The minimum Gasteiger partial charge on any atom is -0.389 e. The second-order valence-electron chi connectivity index (χ2n) is 5.13. The molecule has 1 aromatic rings. The highest BCUT2D eigenvalue weighted by Crippen LogP contribution is 2.28. The quantitative estimate of drug-likeness (QED) is 0.863. The highest BCUT2D eigenvalue weighted by atomic mass is 35.5. The van der Waals surface area contributed by atoms with Crippen LogP contribution in [0.4, 0.5) is 5.69 Å². The van der Waals surface area contributed by atoms with Gasteiger partial charge in [0.2, 0.25) is 0 Å². The molecule has 0 saturated heterocycles. The third kappa shape index (κ3) is 4.74. The van der Waals surface area contributed by atoms with E-state index in [2.05, 4.69) is 24.8 Å². The molecule has 4 heteroatoms. The molecule has 1 N–H and O–H groups in total.